The van der Waals surface area contributed by atoms with E-state index in [4.69, 9.17) is 10.5 Å². The molecule has 0 spiro atoms. The Kier molecular flexibility index (Phi) is 6.41. The molecule has 182 valence electrons. The van der Waals surface area contributed by atoms with Crippen LogP contribution in [0.3, 0.4) is 0 Å². The van der Waals surface area contributed by atoms with Gasteiger partial charge in [-0.15, -0.1) is 0 Å². The maximum absolute atomic E-state index is 15.2. The van der Waals surface area contributed by atoms with Crippen LogP contribution in [0.15, 0.2) is 42.7 Å². The van der Waals surface area contributed by atoms with Gasteiger partial charge < -0.3 is 10.5 Å². The Balaban J connectivity index is 1.65. The topological polar surface area (TPSA) is 119 Å². The third kappa shape index (κ3) is 4.41. The van der Waals surface area contributed by atoms with Gasteiger partial charge in [0.05, 0.1) is 11.1 Å². The number of carbonyl (C=O) groups is 2. The summed E-state index contributed by atoms with van der Waals surface area (Å²) in [4.78, 5) is 32.7. The predicted octanol–water partition coefficient (Wildman–Crippen LogP) is 4.13. The third-order valence-corrected chi connectivity index (χ3v) is 7.37. The average molecular weight is 481 g/mol. The van der Waals surface area contributed by atoms with Crippen molar-refractivity contribution >= 4 is 18.0 Å². The summed E-state index contributed by atoms with van der Waals surface area (Å²) >= 11 is 0. The summed E-state index contributed by atoms with van der Waals surface area (Å²) in [5.74, 6) is -6.70. The van der Waals surface area contributed by atoms with Gasteiger partial charge in [0.1, 0.15) is 17.9 Å². The molecule has 2 aromatic heterocycles. The molecule has 1 aliphatic carbocycles. The van der Waals surface area contributed by atoms with Gasteiger partial charge in [0, 0.05) is 48.2 Å². The Bertz CT molecular complexity index is 1210. The lowest BCUT2D eigenvalue weighted by molar-refractivity contribution is -0.172. The lowest BCUT2D eigenvalue weighted by Gasteiger charge is -2.47. The number of hydrogen-bond acceptors (Lipinski definition) is 6. The van der Waals surface area contributed by atoms with Crippen LogP contribution >= 0.6 is 0 Å². The van der Waals surface area contributed by atoms with Crippen LogP contribution in [0.2, 0.25) is 0 Å². The first-order valence-electron chi connectivity index (χ1n) is 11.5. The van der Waals surface area contributed by atoms with Gasteiger partial charge >= 0.3 is 5.97 Å². The van der Waals surface area contributed by atoms with Crippen molar-refractivity contribution in [2.45, 2.75) is 45.1 Å². The van der Waals surface area contributed by atoms with Gasteiger partial charge in [-0.3, -0.25) is 14.6 Å². The summed E-state index contributed by atoms with van der Waals surface area (Å²) in [6.45, 7) is 3.18. The number of nitrogens with zero attached hydrogens (tertiary/aromatic N) is 3. The molecule has 1 saturated carbocycles. The largest absolute Gasteiger partial charge is 0.462 e. The first-order chi connectivity index (χ1) is 16.6. The highest BCUT2D eigenvalue weighted by molar-refractivity contribution is 5.82. The Hall–Kier alpha value is -3.67. The highest BCUT2D eigenvalue weighted by Gasteiger charge is 2.67. The second-order valence-electron chi connectivity index (χ2n) is 9.40. The van der Waals surface area contributed by atoms with Crippen molar-refractivity contribution in [2.24, 2.45) is 28.9 Å². The lowest BCUT2D eigenvalue weighted by Crippen LogP contribution is -2.53. The van der Waals surface area contributed by atoms with Gasteiger partial charge in [0.25, 0.3) is 5.92 Å². The number of nitrogens with two attached hydrogens (primary N) is 1. The van der Waals surface area contributed by atoms with E-state index < -0.39 is 53.5 Å². The third-order valence-electron chi connectivity index (χ3n) is 7.37. The minimum atomic E-state index is -3.13. The van der Waals surface area contributed by atoms with Crippen LogP contribution in [0.1, 0.15) is 44.5 Å². The molecule has 2 aromatic rings. The van der Waals surface area contributed by atoms with E-state index in [0.717, 1.165) is 0 Å². The molecule has 1 amide bonds. The second-order valence-corrected chi connectivity index (χ2v) is 9.40. The van der Waals surface area contributed by atoms with Gasteiger partial charge in [-0.05, 0) is 43.5 Å². The number of halogens is 2. The molecule has 4 rings (SSSR count). The number of alkyl halides is 2. The van der Waals surface area contributed by atoms with Crippen LogP contribution < -0.4 is 5.73 Å². The molecule has 5 atom stereocenters. The number of hydrogen-bond donors (Lipinski definition) is 1. The molecule has 3 heterocycles. The average Bonchev–Trinajstić information content (AvgIpc) is 3.07. The van der Waals surface area contributed by atoms with Gasteiger partial charge in [-0.25, -0.2) is 13.8 Å². The van der Waals surface area contributed by atoms with E-state index in [1.54, 1.807) is 49.5 Å². The van der Waals surface area contributed by atoms with Crippen molar-refractivity contribution in [1.82, 2.24) is 9.97 Å². The van der Waals surface area contributed by atoms with Crippen LogP contribution in [0.25, 0.3) is 17.2 Å². The molecular formula is C26H26F2N4O3. The summed E-state index contributed by atoms with van der Waals surface area (Å²) in [6.07, 6.45) is 5.00. The summed E-state index contributed by atoms with van der Waals surface area (Å²) < 4.78 is 35.8. The minimum Gasteiger partial charge on any atom is -0.462 e. The summed E-state index contributed by atoms with van der Waals surface area (Å²) in [6, 6.07) is 9.06. The standard InChI is InChI=1S/C26H26F2N4O3/c1-15-19(8-7-18-6-5-17(13-32-18)20-4-3-11-31-21(20)12-29)23-16(2)35-24(34)25(23,10-9-22(30)33)14-26(15,27)28/h3-8,11,13,15-16,19,23H,9-10,14H2,1-2H3,(H2,30,33)/t15-,16+,19-,23-,25+/m0/s1. The first kappa shape index (κ1) is 24.5. The van der Waals surface area contributed by atoms with E-state index in [1.165, 1.54) is 13.1 Å². The number of ether oxygens (including phenoxy) is 1. The number of aromatic nitrogens is 2. The van der Waals surface area contributed by atoms with Crippen molar-refractivity contribution in [3.05, 3.63) is 54.1 Å². The maximum Gasteiger partial charge on any atom is 0.313 e. The Labute approximate surface area is 202 Å². The Morgan fingerprint density at radius 3 is 2.74 bits per heavy atom. The normalized spacial score (nSPS) is 29.4. The molecule has 1 saturated heterocycles. The van der Waals surface area contributed by atoms with Crippen molar-refractivity contribution in [3.8, 4) is 17.2 Å². The van der Waals surface area contributed by atoms with Crippen molar-refractivity contribution in [1.29, 1.82) is 5.26 Å². The highest BCUT2D eigenvalue weighted by Crippen LogP contribution is 2.61. The maximum atomic E-state index is 15.2. The molecule has 0 bridgehead atoms. The fourth-order valence-corrected chi connectivity index (χ4v) is 5.58. The van der Waals surface area contributed by atoms with Gasteiger partial charge in [-0.2, -0.15) is 5.26 Å². The molecule has 2 fully saturated rings. The number of cyclic esters (lactones) is 1. The number of primary amides is 1. The Morgan fingerprint density at radius 1 is 1.31 bits per heavy atom. The van der Waals surface area contributed by atoms with Crippen LogP contribution in [0.4, 0.5) is 8.78 Å². The van der Waals surface area contributed by atoms with E-state index in [9.17, 15) is 14.9 Å². The van der Waals surface area contributed by atoms with Gasteiger partial charge in [0.15, 0.2) is 0 Å². The molecule has 1 aliphatic heterocycles. The van der Waals surface area contributed by atoms with Crippen LogP contribution in [-0.2, 0) is 14.3 Å². The van der Waals surface area contributed by atoms with E-state index >= 15 is 8.78 Å². The number of allylic oxidation sites excluding steroid dienone is 1. The molecule has 35 heavy (non-hydrogen) atoms. The zero-order valence-electron chi connectivity index (χ0n) is 19.4. The molecular weight excluding hydrogens is 454 g/mol. The molecule has 0 radical (unpaired) electrons. The number of rotatable bonds is 6. The number of pyridine rings is 2. The summed E-state index contributed by atoms with van der Waals surface area (Å²) in [5.41, 5.74) is 5.99. The molecule has 2 N–H and O–H groups in total. The van der Waals surface area contributed by atoms with E-state index in [2.05, 4.69) is 9.97 Å². The minimum absolute atomic E-state index is 0.0674. The number of esters is 1. The number of amides is 1. The Morgan fingerprint density at radius 2 is 2.09 bits per heavy atom. The summed E-state index contributed by atoms with van der Waals surface area (Å²) in [5, 5.41) is 9.27. The zero-order chi connectivity index (χ0) is 25.4. The predicted molar refractivity (Wildman–Crippen MR) is 123 cm³/mol. The smallest absolute Gasteiger partial charge is 0.313 e. The molecule has 0 aromatic carbocycles. The zero-order valence-corrected chi connectivity index (χ0v) is 19.4. The quantitative estimate of drug-likeness (QED) is 0.621. The monoisotopic (exact) mass is 480 g/mol. The van der Waals surface area contributed by atoms with Crippen molar-refractivity contribution in [3.63, 3.8) is 0 Å². The molecule has 0 unspecified atom stereocenters. The number of carbonyl (C=O) groups excluding carboxylic acids is 2. The van der Waals surface area contributed by atoms with Gasteiger partial charge in [0.2, 0.25) is 5.91 Å². The fourth-order valence-electron chi connectivity index (χ4n) is 5.58. The first-order valence-corrected chi connectivity index (χ1v) is 11.5. The van der Waals surface area contributed by atoms with E-state index in [0.29, 0.717) is 16.8 Å². The van der Waals surface area contributed by atoms with Crippen molar-refractivity contribution in [2.75, 3.05) is 0 Å². The van der Waals surface area contributed by atoms with Crippen LogP contribution in [0.5, 0.6) is 0 Å². The molecule has 7 nitrogen and oxygen atoms in total. The summed E-state index contributed by atoms with van der Waals surface area (Å²) in [7, 11) is 0. The van der Waals surface area contributed by atoms with E-state index in [1.807, 2.05) is 6.07 Å². The fraction of sp³-hybridized carbons (Fsp3) is 0.423. The SMILES string of the molecule is C[C@H]1OC(=O)[C@]2(CCC(N)=O)CC(F)(F)[C@@H](C)[C@H](C=Cc3ccc(-c4cccnc4C#N)cn3)[C@H]12. The highest BCUT2D eigenvalue weighted by atomic mass is 19.3. The number of nitriles is 1. The molecule has 9 heteroatoms. The number of fused-ring (bicyclic) bond motifs is 1. The van der Waals surface area contributed by atoms with Gasteiger partial charge in [-0.1, -0.05) is 19.1 Å². The van der Waals surface area contributed by atoms with E-state index in [-0.39, 0.29) is 18.5 Å². The lowest BCUT2D eigenvalue weighted by atomic mass is 9.55. The van der Waals surface area contributed by atoms with Crippen LogP contribution in [-0.4, -0.2) is 33.9 Å². The van der Waals surface area contributed by atoms with Crippen molar-refractivity contribution < 1.29 is 23.1 Å². The van der Waals surface area contributed by atoms with Crippen LogP contribution in [0, 0.1) is 34.5 Å². The second kappa shape index (κ2) is 9.17. The molecule has 2 aliphatic rings.